The molecule has 0 bridgehead atoms. The summed E-state index contributed by atoms with van der Waals surface area (Å²) in [6.45, 7) is 7.51. The minimum atomic E-state index is 0.0529. The Hall–Kier alpha value is -2.44. The van der Waals surface area contributed by atoms with Gasteiger partial charge in [-0.05, 0) is 32.1 Å². The first kappa shape index (κ1) is 17.9. The van der Waals surface area contributed by atoms with Crippen molar-refractivity contribution in [2.75, 3.05) is 25.0 Å². The Morgan fingerprint density at radius 3 is 2.78 bits per heavy atom. The van der Waals surface area contributed by atoms with E-state index in [1.165, 1.54) is 0 Å². The van der Waals surface area contributed by atoms with E-state index < -0.39 is 0 Å². The number of hydrogen-bond acceptors (Lipinski definition) is 6. The van der Waals surface area contributed by atoms with Gasteiger partial charge in [0, 0.05) is 43.9 Å². The Labute approximate surface area is 159 Å². The van der Waals surface area contributed by atoms with E-state index >= 15 is 0 Å². The van der Waals surface area contributed by atoms with Crippen molar-refractivity contribution in [3.05, 3.63) is 35.1 Å². The molecule has 3 heterocycles. The molecule has 27 heavy (non-hydrogen) atoms. The monoisotopic (exact) mass is 369 g/mol. The summed E-state index contributed by atoms with van der Waals surface area (Å²) in [4.78, 5) is 26.0. The number of carbonyl (C=O) groups excluding carboxylic acids is 1. The van der Waals surface area contributed by atoms with Gasteiger partial charge >= 0.3 is 0 Å². The number of anilines is 1. The molecule has 0 radical (unpaired) electrons. The van der Waals surface area contributed by atoms with Crippen molar-refractivity contribution in [1.82, 2.24) is 20.0 Å². The fourth-order valence-corrected chi connectivity index (χ4v) is 3.74. The number of likely N-dealkylation sites (tertiary alicyclic amines) is 1. The lowest BCUT2D eigenvalue weighted by molar-refractivity contribution is 0.0788. The molecule has 2 aromatic heterocycles. The molecular formula is C20H27N5O2. The summed E-state index contributed by atoms with van der Waals surface area (Å²) < 4.78 is 5.33. The average molecular weight is 369 g/mol. The normalized spacial score (nSPS) is 19.7. The van der Waals surface area contributed by atoms with Crippen LogP contribution in [0.25, 0.3) is 0 Å². The molecule has 1 aliphatic carbocycles. The van der Waals surface area contributed by atoms with Crippen molar-refractivity contribution in [3.8, 4) is 0 Å². The van der Waals surface area contributed by atoms with Crippen molar-refractivity contribution in [1.29, 1.82) is 0 Å². The van der Waals surface area contributed by atoms with Gasteiger partial charge in [-0.3, -0.25) is 4.79 Å². The third-order valence-corrected chi connectivity index (χ3v) is 5.69. The third kappa shape index (κ3) is 3.42. The molecule has 1 aliphatic heterocycles. The number of likely N-dealkylation sites (N-methyl/N-ethyl adjacent to an activating group) is 1. The van der Waals surface area contributed by atoms with Gasteiger partial charge < -0.3 is 14.3 Å². The highest BCUT2D eigenvalue weighted by atomic mass is 16.5. The Morgan fingerprint density at radius 2 is 2.07 bits per heavy atom. The van der Waals surface area contributed by atoms with Gasteiger partial charge in [0.2, 0.25) is 0 Å². The van der Waals surface area contributed by atoms with Crippen molar-refractivity contribution >= 4 is 11.7 Å². The predicted molar refractivity (Wildman–Crippen MR) is 102 cm³/mol. The van der Waals surface area contributed by atoms with Crippen LogP contribution in [0.2, 0.25) is 0 Å². The zero-order valence-corrected chi connectivity index (χ0v) is 16.5. The molecule has 1 amide bonds. The van der Waals surface area contributed by atoms with Crippen molar-refractivity contribution in [2.24, 2.45) is 0 Å². The number of rotatable bonds is 5. The van der Waals surface area contributed by atoms with Crippen molar-refractivity contribution < 1.29 is 9.32 Å². The maximum Gasteiger partial charge on any atom is 0.259 e. The average Bonchev–Trinajstić information content (AvgIpc) is 3.25. The molecule has 1 saturated carbocycles. The van der Waals surface area contributed by atoms with Crippen LogP contribution < -0.4 is 4.90 Å². The van der Waals surface area contributed by atoms with E-state index in [2.05, 4.69) is 33.9 Å². The highest BCUT2D eigenvalue weighted by molar-refractivity contribution is 5.96. The summed E-state index contributed by atoms with van der Waals surface area (Å²) in [7, 11) is 2.05. The fourth-order valence-electron chi connectivity index (χ4n) is 3.74. The lowest BCUT2D eigenvalue weighted by Crippen LogP contribution is -2.37. The molecule has 0 spiro atoms. The highest BCUT2D eigenvalue weighted by Gasteiger charge is 2.37. The maximum atomic E-state index is 13.1. The van der Waals surface area contributed by atoms with Crippen LogP contribution in [0, 0.1) is 6.92 Å². The Bertz CT molecular complexity index is 843. The third-order valence-electron chi connectivity index (χ3n) is 5.69. The molecule has 4 rings (SSSR count). The molecule has 7 nitrogen and oxygen atoms in total. The van der Waals surface area contributed by atoms with Crippen LogP contribution in [0.4, 0.5) is 5.82 Å². The van der Waals surface area contributed by atoms with Gasteiger partial charge in [-0.1, -0.05) is 19.0 Å². The maximum absolute atomic E-state index is 13.1. The van der Waals surface area contributed by atoms with Crippen LogP contribution >= 0.6 is 0 Å². The van der Waals surface area contributed by atoms with E-state index in [9.17, 15) is 4.79 Å². The summed E-state index contributed by atoms with van der Waals surface area (Å²) in [5, 5.41) is 4.15. The van der Waals surface area contributed by atoms with Gasteiger partial charge in [-0.15, -0.1) is 0 Å². The topological polar surface area (TPSA) is 75.4 Å². The minimum absolute atomic E-state index is 0.0529. The lowest BCUT2D eigenvalue weighted by atomic mass is 10.1. The van der Waals surface area contributed by atoms with Gasteiger partial charge in [0.05, 0.1) is 5.69 Å². The van der Waals surface area contributed by atoms with Gasteiger partial charge in [0.15, 0.2) is 0 Å². The molecule has 2 aliphatic rings. The van der Waals surface area contributed by atoms with Gasteiger partial charge in [0.25, 0.3) is 5.91 Å². The Morgan fingerprint density at radius 1 is 1.30 bits per heavy atom. The molecule has 2 fully saturated rings. The van der Waals surface area contributed by atoms with Gasteiger partial charge in [-0.25, -0.2) is 9.97 Å². The van der Waals surface area contributed by atoms with Crippen LogP contribution in [-0.2, 0) is 0 Å². The molecule has 7 heteroatoms. The highest BCUT2D eigenvalue weighted by Crippen LogP contribution is 2.42. The van der Waals surface area contributed by atoms with Crippen LogP contribution in [0.15, 0.2) is 16.9 Å². The lowest BCUT2D eigenvalue weighted by Gasteiger charge is -2.26. The molecule has 0 N–H and O–H groups in total. The van der Waals surface area contributed by atoms with E-state index in [-0.39, 0.29) is 11.9 Å². The second-order valence-corrected chi connectivity index (χ2v) is 8.03. The molecule has 1 atom stereocenters. The second-order valence-electron chi connectivity index (χ2n) is 8.03. The van der Waals surface area contributed by atoms with Crippen LogP contribution in [0.1, 0.15) is 72.5 Å². The van der Waals surface area contributed by atoms with E-state index in [0.29, 0.717) is 29.7 Å². The van der Waals surface area contributed by atoms with E-state index in [1.54, 1.807) is 6.33 Å². The van der Waals surface area contributed by atoms with E-state index in [0.717, 1.165) is 43.0 Å². The zero-order valence-electron chi connectivity index (χ0n) is 16.5. The number of aryl methyl sites for hydroxylation is 1. The smallest absolute Gasteiger partial charge is 0.259 e. The van der Waals surface area contributed by atoms with E-state index in [1.807, 2.05) is 24.9 Å². The summed E-state index contributed by atoms with van der Waals surface area (Å²) in [6.07, 6.45) is 4.75. The quantitative estimate of drug-likeness (QED) is 0.806. The second kappa shape index (κ2) is 6.94. The molecule has 1 saturated heterocycles. The van der Waals surface area contributed by atoms with Gasteiger partial charge in [-0.2, -0.15) is 0 Å². The van der Waals surface area contributed by atoms with Crippen LogP contribution in [0.5, 0.6) is 0 Å². The summed E-state index contributed by atoms with van der Waals surface area (Å²) >= 11 is 0. The molecule has 2 aromatic rings. The van der Waals surface area contributed by atoms with Crippen molar-refractivity contribution in [2.45, 2.75) is 57.9 Å². The number of hydrogen-bond donors (Lipinski definition) is 0. The fraction of sp³-hybridized carbons (Fsp3) is 0.600. The molecule has 1 unspecified atom stereocenters. The Kier molecular flexibility index (Phi) is 4.61. The summed E-state index contributed by atoms with van der Waals surface area (Å²) in [5.41, 5.74) is 2.57. The van der Waals surface area contributed by atoms with Gasteiger partial charge in [0.1, 0.15) is 23.5 Å². The molecule has 144 valence electrons. The number of amides is 1. The number of carbonyl (C=O) groups is 1. The Balaban J connectivity index is 1.48. The largest absolute Gasteiger partial charge is 0.361 e. The van der Waals surface area contributed by atoms with Crippen LogP contribution in [0.3, 0.4) is 0 Å². The molecular weight excluding hydrogens is 342 g/mol. The first-order chi connectivity index (χ1) is 13.0. The van der Waals surface area contributed by atoms with E-state index in [4.69, 9.17) is 4.52 Å². The predicted octanol–water partition coefficient (Wildman–Crippen LogP) is 3.12. The first-order valence-electron chi connectivity index (χ1n) is 9.76. The minimum Gasteiger partial charge on any atom is -0.361 e. The van der Waals surface area contributed by atoms with Crippen molar-refractivity contribution in [3.63, 3.8) is 0 Å². The summed E-state index contributed by atoms with van der Waals surface area (Å²) in [5.74, 6) is 2.36. The summed E-state index contributed by atoms with van der Waals surface area (Å²) in [6, 6.07) is 2.29. The number of nitrogens with zero attached hydrogens (tertiary/aromatic N) is 5. The first-order valence-corrected chi connectivity index (χ1v) is 9.76. The molecule has 0 aromatic carbocycles. The SMILES string of the molecule is Cc1onc(C2CC2)c1C(=O)N1CCC(N(C)c2cc(C(C)C)ncn2)C1. The standard InChI is InChI=1S/C20H27N5O2/c1-12(2)16-9-17(22-11-21-16)24(4)15-7-8-25(10-15)20(26)18-13(3)27-23-19(18)14-5-6-14/h9,11-12,14-15H,5-8,10H2,1-4H3. The van der Waals surface area contributed by atoms with Crippen LogP contribution in [-0.4, -0.2) is 52.1 Å². The zero-order chi connectivity index (χ0) is 19.1. The number of aromatic nitrogens is 3.